The fourth-order valence-electron chi connectivity index (χ4n) is 1.21. The lowest BCUT2D eigenvalue weighted by Crippen LogP contribution is -2.39. The van der Waals surface area contributed by atoms with Gasteiger partial charge in [0.2, 0.25) is 11.6 Å². The highest BCUT2D eigenvalue weighted by atomic mass is 19.4. The number of hydrogen-bond donors (Lipinski definition) is 2. The van der Waals surface area contributed by atoms with Gasteiger partial charge in [-0.1, -0.05) is 0 Å². The van der Waals surface area contributed by atoms with Crippen LogP contribution in [0.15, 0.2) is 6.07 Å². The Labute approximate surface area is 107 Å². The fourth-order valence-corrected chi connectivity index (χ4v) is 1.21. The number of benzene rings is 1. The zero-order valence-electron chi connectivity index (χ0n) is 9.49. The Kier molecular flexibility index (Phi) is 4.46. The molecule has 20 heavy (non-hydrogen) atoms. The second-order valence-corrected chi connectivity index (χ2v) is 3.66. The molecule has 0 amide bonds. The Hall–Kier alpha value is -2.00. The molecule has 0 heterocycles. The van der Waals surface area contributed by atoms with Crippen LogP contribution in [-0.4, -0.2) is 18.6 Å². The van der Waals surface area contributed by atoms with Crippen molar-refractivity contribution < 1.29 is 35.5 Å². The normalized spacial score (nSPS) is 13.2. The predicted molar refractivity (Wildman–Crippen MR) is 53.2 cm³/mol. The number of ether oxygens (including phenoxy) is 1. The fraction of sp³-hybridized carbons (Fsp3) is 0.300. The van der Waals surface area contributed by atoms with E-state index in [0.717, 1.165) is 0 Å². The number of halogens is 7. The van der Waals surface area contributed by atoms with Crippen LogP contribution in [0.25, 0.3) is 0 Å². The predicted octanol–water partition coefficient (Wildman–Crippen LogP) is 2.74. The number of nitrogens with two attached hydrogens (primary N) is 1. The lowest BCUT2D eigenvalue weighted by atomic mass is 10.1. The molecule has 0 fully saturated rings. The SMILES string of the molecule is N=C(N)C(COc1c(F)c(F)cc(F)c1F)C(F)(F)F. The average Bonchev–Trinajstić information content (AvgIpc) is 2.29. The number of rotatable bonds is 4. The van der Waals surface area contributed by atoms with Crippen LogP contribution in [0.3, 0.4) is 0 Å². The quantitative estimate of drug-likeness (QED) is 0.389. The Morgan fingerprint density at radius 2 is 1.60 bits per heavy atom. The van der Waals surface area contributed by atoms with E-state index in [0.29, 0.717) is 0 Å². The van der Waals surface area contributed by atoms with Crippen LogP contribution in [-0.2, 0) is 0 Å². The van der Waals surface area contributed by atoms with Gasteiger partial charge in [0.25, 0.3) is 0 Å². The molecule has 0 aliphatic rings. The van der Waals surface area contributed by atoms with Gasteiger partial charge in [0.05, 0.1) is 0 Å². The molecule has 1 rings (SSSR count). The summed E-state index contributed by atoms with van der Waals surface area (Å²) in [5.74, 6) is -13.3. The first-order chi connectivity index (χ1) is 9.05. The maximum absolute atomic E-state index is 13.1. The summed E-state index contributed by atoms with van der Waals surface area (Å²) in [4.78, 5) is 0. The molecule has 0 aliphatic heterocycles. The lowest BCUT2D eigenvalue weighted by Gasteiger charge is -2.19. The third-order valence-electron chi connectivity index (χ3n) is 2.24. The van der Waals surface area contributed by atoms with Crippen LogP contribution < -0.4 is 10.5 Å². The van der Waals surface area contributed by atoms with E-state index in [4.69, 9.17) is 5.41 Å². The smallest absolute Gasteiger partial charge is 0.401 e. The summed E-state index contributed by atoms with van der Waals surface area (Å²) in [6.07, 6.45) is -5.01. The minimum atomic E-state index is -5.01. The molecule has 0 saturated carbocycles. The molecule has 0 aliphatic carbocycles. The van der Waals surface area contributed by atoms with Crippen molar-refractivity contribution in [3.8, 4) is 5.75 Å². The van der Waals surface area contributed by atoms with Gasteiger partial charge in [-0.2, -0.15) is 22.0 Å². The monoisotopic (exact) mass is 304 g/mol. The van der Waals surface area contributed by atoms with Gasteiger partial charge in [0.1, 0.15) is 18.4 Å². The molecular formula is C10H7F7N2O. The summed E-state index contributed by atoms with van der Waals surface area (Å²) >= 11 is 0. The summed E-state index contributed by atoms with van der Waals surface area (Å²) < 4.78 is 93.1. The first kappa shape index (κ1) is 16.1. The minimum Gasteiger partial charge on any atom is -0.486 e. The zero-order valence-corrected chi connectivity index (χ0v) is 9.49. The molecule has 0 aromatic heterocycles. The van der Waals surface area contributed by atoms with Crippen LogP contribution in [0, 0.1) is 34.6 Å². The second-order valence-electron chi connectivity index (χ2n) is 3.66. The Bertz CT molecular complexity index is 503. The molecule has 3 N–H and O–H groups in total. The van der Waals surface area contributed by atoms with Crippen molar-refractivity contribution in [1.82, 2.24) is 0 Å². The van der Waals surface area contributed by atoms with Crippen LogP contribution in [0.1, 0.15) is 0 Å². The summed E-state index contributed by atoms with van der Waals surface area (Å²) in [6, 6.07) is -0.121. The van der Waals surface area contributed by atoms with Gasteiger partial charge < -0.3 is 10.5 Å². The molecule has 10 heteroatoms. The van der Waals surface area contributed by atoms with Crippen molar-refractivity contribution in [2.45, 2.75) is 6.18 Å². The summed E-state index contributed by atoms with van der Waals surface area (Å²) in [5, 5.41) is 6.71. The van der Waals surface area contributed by atoms with E-state index in [1.807, 2.05) is 0 Å². The maximum atomic E-state index is 13.1. The van der Waals surface area contributed by atoms with E-state index in [1.54, 1.807) is 0 Å². The number of amidine groups is 1. The van der Waals surface area contributed by atoms with E-state index in [2.05, 4.69) is 10.5 Å². The maximum Gasteiger partial charge on any atom is 0.401 e. The van der Waals surface area contributed by atoms with Crippen LogP contribution in [0.5, 0.6) is 5.75 Å². The van der Waals surface area contributed by atoms with E-state index >= 15 is 0 Å². The van der Waals surface area contributed by atoms with Gasteiger partial charge in [0.15, 0.2) is 17.4 Å². The summed E-state index contributed by atoms with van der Waals surface area (Å²) in [5.41, 5.74) is 4.67. The van der Waals surface area contributed by atoms with Crippen LogP contribution in [0.4, 0.5) is 30.7 Å². The van der Waals surface area contributed by atoms with E-state index in [9.17, 15) is 30.7 Å². The van der Waals surface area contributed by atoms with E-state index in [-0.39, 0.29) is 6.07 Å². The third kappa shape index (κ3) is 3.31. The van der Waals surface area contributed by atoms with E-state index < -0.39 is 53.6 Å². The Morgan fingerprint density at radius 1 is 1.15 bits per heavy atom. The van der Waals surface area contributed by atoms with Gasteiger partial charge in [-0.05, 0) is 0 Å². The molecule has 1 aromatic rings. The van der Waals surface area contributed by atoms with Gasteiger partial charge in [-0.3, -0.25) is 5.41 Å². The molecule has 0 saturated heterocycles. The minimum absolute atomic E-state index is 0.121. The standard InChI is InChI=1S/C10H7F7N2O/c11-4-1-5(12)7(14)8(6(4)13)20-2-3(9(18)19)10(15,16)17/h1,3H,2H2,(H3,18,19). The van der Waals surface area contributed by atoms with Gasteiger partial charge in [-0.15, -0.1) is 0 Å². The van der Waals surface area contributed by atoms with Crippen molar-refractivity contribution in [2.75, 3.05) is 6.61 Å². The van der Waals surface area contributed by atoms with Gasteiger partial charge >= 0.3 is 6.18 Å². The molecule has 1 atom stereocenters. The number of nitrogens with one attached hydrogen (secondary N) is 1. The Balaban J connectivity index is 3.03. The molecule has 0 spiro atoms. The van der Waals surface area contributed by atoms with Crippen molar-refractivity contribution in [3.63, 3.8) is 0 Å². The lowest BCUT2D eigenvalue weighted by molar-refractivity contribution is -0.162. The molecule has 1 aromatic carbocycles. The number of hydrogen-bond acceptors (Lipinski definition) is 2. The van der Waals surface area contributed by atoms with Crippen molar-refractivity contribution in [1.29, 1.82) is 5.41 Å². The molecular weight excluding hydrogens is 297 g/mol. The first-order valence-electron chi connectivity index (χ1n) is 4.92. The highest BCUT2D eigenvalue weighted by Gasteiger charge is 2.43. The van der Waals surface area contributed by atoms with Crippen LogP contribution in [0.2, 0.25) is 0 Å². The highest BCUT2D eigenvalue weighted by molar-refractivity contribution is 5.80. The molecule has 0 bridgehead atoms. The molecule has 3 nitrogen and oxygen atoms in total. The summed E-state index contributed by atoms with van der Waals surface area (Å²) in [7, 11) is 0. The summed E-state index contributed by atoms with van der Waals surface area (Å²) in [6.45, 7) is -1.49. The highest BCUT2D eigenvalue weighted by Crippen LogP contribution is 2.30. The number of alkyl halides is 3. The largest absolute Gasteiger partial charge is 0.486 e. The first-order valence-corrected chi connectivity index (χ1v) is 4.92. The third-order valence-corrected chi connectivity index (χ3v) is 2.24. The topological polar surface area (TPSA) is 59.1 Å². The average molecular weight is 304 g/mol. The van der Waals surface area contributed by atoms with Crippen molar-refractivity contribution >= 4 is 5.84 Å². The molecule has 112 valence electrons. The van der Waals surface area contributed by atoms with E-state index in [1.165, 1.54) is 0 Å². The van der Waals surface area contributed by atoms with Crippen molar-refractivity contribution in [2.24, 2.45) is 11.7 Å². The molecule has 1 unspecified atom stereocenters. The Morgan fingerprint density at radius 3 is 1.95 bits per heavy atom. The molecule has 0 radical (unpaired) electrons. The van der Waals surface area contributed by atoms with Crippen LogP contribution >= 0.6 is 0 Å². The van der Waals surface area contributed by atoms with Crippen molar-refractivity contribution in [3.05, 3.63) is 29.3 Å². The zero-order chi connectivity index (χ0) is 15.7. The second kappa shape index (κ2) is 5.55. The van der Waals surface area contributed by atoms with Gasteiger partial charge in [-0.25, -0.2) is 8.78 Å². The van der Waals surface area contributed by atoms with Gasteiger partial charge in [0, 0.05) is 6.07 Å².